The predicted octanol–water partition coefficient (Wildman–Crippen LogP) is 4.18. The Kier molecular flexibility index (Phi) is 3.75. The molecule has 2 rings (SSSR count). The molecular formula is C15H16OS. The first-order chi connectivity index (χ1) is 8.16. The molecule has 17 heavy (non-hydrogen) atoms. The number of Topliss-reactive ketones (excluding diaryl/α,β-unsaturated/α-hetero) is 1. The monoisotopic (exact) mass is 244 g/mol. The van der Waals surface area contributed by atoms with Crippen LogP contribution in [0.5, 0.6) is 0 Å². The van der Waals surface area contributed by atoms with Gasteiger partial charge in [-0.3, -0.25) is 4.79 Å². The van der Waals surface area contributed by atoms with E-state index in [1.807, 2.05) is 31.2 Å². The van der Waals surface area contributed by atoms with E-state index in [1.54, 1.807) is 11.3 Å². The highest BCUT2D eigenvalue weighted by Gasteiger charge is 2.07. The fourth-order valence-corrected chi connectivity index (χ4v) is 2.46. The fourth-order valence-electron chi connectivity index (χ4n) is 1.75. The molecule has 0 bridgehead atoms. The van der Waals surface area contributed by atoms with Crippen LogP contribution in [0.1, 0.15) is 32.8 Å². The summed E-state index contributed by atoms with van der Waals surface area (Å²) in [6.07, 6.45) is 1.45. The Hall–Kier alpha value is -1.41. The van der Waals surface area contributed by atoms with Gasteiger partial charge in [0.25, 0.3) is 0 Å². The van der Waals surface area contributed by atoms with E-state index in [2.05, 4.69) is 18.4 Å². The number of carbonyl (C=O) groups excluding carboxylic acids is 1. The van der Waals surface area contributed by atoms with Crippen molar-refractivity contribution in [2.24, 2.45) is 0 Å². The maximum absolute atomic E-state index is 12.0. The van der Waals surface area contributed by atoms with Crippen LogP contribution in [0.3, 0.4) is 0 Å². The first kappa shape index (κ1) is 12.1. The molecule has 0 amide bonds. The van der Waals surface area contributed by atoms with Gasteiger partial charge in [0.1, 0.15) is 0 Å². The number of benzene rings is 1. The molecule has 0 saturated carbocycles. The molecule has 0 N–H and O–H groups in total. The van der Waals surface area contributed by atoms with Crippen molar-refractivity contribution in [3.8, 4) is 0 Å². The lowest BCUT2D eigenvalue weighted by Crippen LogP contribution is -2.01. The fraction of sp³-hybridized carbons (Fsp3) is 0.267. The molecule has 0 fully saturated rings. The van der Waals surface area contributed by atoms with Crippen molar-refractivity contribution in [1.82, 2.24) is 0 Å². The van der Waals surface area contributed by atoms with E-state index in [1.165, 1.54) is 16.0 Å². The average molecular weight is 244 g/mol. The van der Waals surface area contributed by atoms with E-state index in [4.69, 9.17) is 0 Å². The minimum atomic E-state index is 0.238. The van der Waals surface area contributed by atoms with Crippen molar-refractivity contribution in [1.29, 1.82) is 0 Å². The molecule has 1 nitrogen and oxygen atoms in total. The molecule has 0 spiro atoms. The van der Waals surface area contributed by atoms with E-state index >= 15 is 0 Å². The van der Waals surface area contributed by atoms with Gasteiger partial charge in [-0.1, -0.05) is 18.2 Å². The summed E-state index contributed by atoms with van der Waals surface area (Å²) in [6, 6.07) is 10.1. The van der Waals surface area contributed by atoms with Crippen molar-refractivity contribution >= 4 is 17.1 Å². The molecule has 1 heterocycles. The molecule has 0 saturated heterocycles. The Bertz CT molecular complexity index is 512. The van der Waals surface area contributed by atoms with Gasteiger partial charge < -0.3 is 0 Å². The second-order valence-corrected chi connectivity index (χ2v) is 5.33. The molecule has 0 unspecified atom stereocenters. The van der Waals surface area contributed by atoms with Crippen LogP contribution in [0.25, 0.3) is 0 Å². The summed E-state index contributed by atoms with van der Waals surface area (Å²) >= 11 is 1.71. The molecule has 1 aromatic heterocycles. The summed E-state index contributed by atoms with van der Waals surface area (Å²) in [5, 5.41) is 2.05. The zero-order valence-electron chi connectivity index (χ0n) is 10.2. The van der Waals surface area contributed by atoms with Crippen LogP contribution >= 0.6 is 11.3 Å². The molecule has 0 atom stereocenters. The molecule has 2 aromatic rings. The average Bonchev–Trinajstić information content (AvgIpc) is 2.82. The van der Waals surface area contributed by atoms with E-state index in [0.29, 0.717) is 6.42 Å². The van der Waals surface area contributed by atoms with E-state index in [-0.39, 0.29) is 5.78 Å². The second-order valence-electron chi connectivity index (χ2n) is 4.30. The minimum absolute atomic E-state index is 0.238. The normalized spacial score (nSPS) is 10.5. The zero-order chi connectivity index (χ0) is 12.3. The maximum atomic E-state index is 12.0. The van der Waals surface area contributed by atoms with Gasteiger partial charge in [-0.2, -0.15) is 0 Å². The van der Waals surface area contributed by atoms with E-state index < -0.39 is 0 Å². The van der Waals surface area contributed by atoms with Gasteiger partial charge in [0, 0.05) is 16.9 Å². The van der Waals surface area contributed by atoms with Gasteiger partial charge in [0.2, 0.25) is 0 Å². The topological polar surface area (TPSA) is 17.1 Å². The van der Waals surface area contributed by atoms with Crippen LogP contribution in [-0.4, -0.2) is 5.78 Å². The standard InChI is InChI=1S/C15H16OS/c1-11-5-6-13(10-12(11)2)15(16)8-7-14-4-3-9-17-14/h3-6,9-10H,7-8H2,1-2H3. The zero-order valence-corrected chi connectivity index (χ0v) is 11.0. The maximum Gasteiger partial charge on any atom is 0.163 e. The lowest BCUT2D eigenvalue weighted by Gasteiger charge is -2.04. The van der Waals surface area contributed by atoms with Gasteiger partial charge in [0.15, 0.2) is 5.78 Å². The molecule has 0 aliphatic rings. The SMILES string of the molecule is Cc1ccc(C(=O)CCc2cccs2)cc1C. The molecule has 88 valence electrons. The Morgan fingerprint density at radius 2 is 2.00 bits per heavy atom. The third-order valence-corrected chi connectivity index (χ3v) is 3.94. The Balaban J connectivity index is 2.02. The number of hydrogen-bond acceptors (Lipinski definition) is 2. The number of rotatable bonds is 4. The Labute approximate surface area is 106 Å². The van der Waals surface area contributed by atoms with Crippen LogP contribution in [-0.2, 0) is 6.42 Å². The first-order valence-electron chi connectivity index (χ1n) is 5.79. The summed E-state index contributed by atoms with van der Waals surface area (Å²) in [4.78, 5) is 13.3. The number of hydrogen-bond donors (Lipinski definition) is 0. The summed E-state index contributed by atoms with van der Waals surface area (Å²) in [5.74, 6) is 0.238. The number of aryl methyl sites for hydroxylation is 3. The number of ketones is 1. The van der Waals surface area contributed by atoms with E-state index in [0.717, 1.165) is 12.0 Å². The second kappa shape index (κ2) is 5.28. The highest BCUT2D eigenvalue weighted by Crippen LogP contribution is 2.15. The summed E-state index contributed by atoms with van der Waals surface area (Å²) in [7, 11) is 0. The number of carbonyl (C=O) groups is 1. The number of thiophene rings is 1. The molecule has 1 aromatic carbocycles. The van der Waals surface area contributed by atoms with Crippen molar-refractivity contribution < 1.29 is 4.79 Å². The van der Waals surface area contributed by atoms with Crippen LogP contribution in [0, 0.1) is 13.8 Å². The van der Waals surface area contributed by atoms with Crippen LogP contribution in [0.4, 0.5) is 0 Å². The van der Waals surface area contributed by atoms with Crippen molar-refractivity contribution in [2.75, 3.05) is 0 Å². The highest BCUT2D eigenvalue weighted by atomic mass is 32.1. The predicted molar refractivity (Wildman–Crippen MR) is 72.9 cm³/mol. The minimum Gasteiger partial charge on any atom is -0.294 e. The third-order valence-electron chi connectivity index (χ3n) is 3.01. The van der Waals surface area contributed by atoms with Crippen LogP contribution in [0.15, 0.2) is 35.7 Å². The molecular weight excluding hydrogens is 228 g/mol. The molecule has 0 aliphatic heterocycles. The Morgan fingerprint density at radius 1 is 1.18 bits per heavy atom. The van der Waals surface area contributed by atoms with Gasteiger partial charge >= 0.3 is 0 Å². The lowest BCUT2D eigenvalue weighted by molar-refractivity contribution is 0.0983. The summed E-state index contributed by atoms with van der Waals surface area (Å²) in [6.45, 7) is 4.11. The third kappa shape index (κ3) is 3.04. The van der Waals surface area contributed by atoms with Gasteiger partial charge in [-0.15, -0.1) is 11.3 Å². The smallest absolute Gasteiger partial charge is 0.163 e. The first-order valence-corrected chi connectivity index (χ1v) is 6.67. The molecule has 2 heteroatoms. The van der Waals surface area contributed by atoms with Crippen molar-refractivity contribution in [3.63, 3.8) is 0 Å². The molecule has 0 radical (unpaired) electrons. The van der Waals surface area contributed by atoms with E-state index in [9.17, 15) is 4.79 Å². The summed E-state index contributed by atoms with van der Waals surface area (Å²) < 4.78 is 0. The van der Waals surface area contributed by atoms with Gasteiger partial charge in [-0.25, -0.2) is 0 Å². The quantitative estimate of drug-likeness (QED) is 0.737. The Morgan fingerprint density at radius 3 is 2.65 bits per heavy atom. The molecule has 0 aliphatic carbocycles. The van der Waals surface area contributed by atoms with Gasteiger partial charge in [-0.05, 0) is 48.9 Å². The summed E-state index contributed by atoms with van der Waals surface area (Å²) in [5.41, 5.74) is 3.26. The van der Waals surface area contributed by atoms with Crippen molar-refractivity contribution in [3.05, 3.63) is 57.3 Å². The van der Waals surface area contributed by atoms with Crippen LogP contribution < -0.4 is 0 Å². The van der Waals surface area contributed by atoms with Gasteiger partial charge in [0.05, 0.1) is 0 Å². The van der Waals surface area contributed by atoms with Crippen molar-refractivity contribution in [2.45, 2.75) is 26.7 Å². The largest absolute Gasteiger partial charge is 0.294 e. The highest BCUT2D eigenvalue weighted by molar-refractivity contribution is 7.09. The lowest BCUT2D eigenvalue weighted by atomic mass is 10.0. The van der Waals surface area contributed by atoms with Crippen LogP contribution in [0.2, 0.25) is 0 Å².